The van der Waals surface area contributed by atoms with Gasteiger partial charge in [-0.05, 0) is 44.0 Å². The van der Waals surface area contributed by atoms with E-state index in [4.69, 9.17) is 0 Å². The number of rotatable bonds is 11. The zero-order valence-corrected chi connectivity index (χ0v) is 22.9. The molecule has 38 heavy (non-hydrogen) atoms. The Morgan fingerprint density at radius 3 is 2.08 bits per heavy atom. The van der Waals surface area contributed by atoms with Gasteiger partial charge in [0.15, 0.2) is 0 Å². The second-order valence-electron chi connectivity index (χ2n) is 9.60. The SMILES string of the molecule is Cc1ccc(CN(C(=O)CN(c2ccccc2F)S(C)(=O)=O)[C@H](Cc2ccccc2)C(=O)NC(C)C)cc1. The minimum absolute atomic E-state index is 0.0665. The largest absolute Gasteiger partial charge is 0.352 e. The van der Waals surface area contributed by atoms with Gasteiger partial charge >= 0.3 is 0 Å². The Hall–Kier alpha value is -3.72. The van der Waals surface area contributed by atoms with Crippen molar-refractivity contribution < 1.29 is 22.4 Å². The smallest absolute Gasteiger partial charge is 0.244 e. The van der Waals surface area contributed by atoms with Gasteiger partial charge in [-0.15, -0.1) is 0 Å². The summed E-state index contributed by atoms with van der Waals surface area (Å²) in [6.45, 7) is 5.00. The van der Waals surface area contributed by atoms with E-state index in [1.807, 2.05) is 75.4 Å². The highest BCUT2D eigenvalue weighted by Gasteiger charge is 2.33. The van der Waals surface area contributed by atoms with Crippen LogP contribution in [0.2, 0.25) is 0 Å². The molecule has 0 spiro atoms. The van der Waals surface area contributed by atoms with E-state index < -0.39 is 34.3 Å². The van der Waals surface area contributed by atoms with Gasteiger partial charge in [-0.2, -0.15) is 0 Å². The summed E-state index contributed by atoms with van der Waals surface area (Å²) in [4.78, 5) is 28.7. The topological polar surface area (TPSA) is 86.8 Å². The Bertz CT molecular complexity index is 1350. The number of sulfonamides is 1. The molecule has 202 valence electrons. The minimum Gasteiger partial charge on any atom is -0.352 e. The van der Waals surface area contributed by atoms with E-state index in [9.17, 15) is 22.4 Å². The summed E-state index contributed by atoms with van der Waals surface area (Å²) < 4.78 is 40.7. The molecule has 3 rings (SSSR count). The quantitative estimate of drug-likeness (QED) is 0.398. The summed E-state index contributed by atoms with van der Waals surface area (Å²) in [6.07, 6.45) is 1.14. The third kappa shape index (κ3) is 7.89. The normalized spacial score (nSPS) is 12.2. The molecule has 7 nitrogen and oxygen atoms in total. The third-order valence-electron chi connectivity index (χ3n) is 5.98. The number of nitrogens with one attached hydrogen (secondary N) is 1. The van der Waals surface area contributed by atoms with Crippen LogP contribution in [-0.2, 0) is 32.6 Å². The van der Waals surface area contributed by atoms with Gasteiger partial charge in [0.25, 0.3) is 0 Å². The number of para-hydroxylation sites is 1. The fraction of sp³-hybridized carbons (Fsp3) is 0.310. The highest BCUT2D eigenvalue weighted by molar-refractivity contribution is 7.92. The highest BCUT2D eigenvalue weighted by atomic mass is 32.2. The maximum absolute atomic E-state index is 14.6. The van der Waals surface area contributed by atoms with Crippen LogP contribution in [0, 0.1) is 12.7 Å². The Kier molecular flexibility index (Phi) is 9.63. The van der Waals surface area contributed by atoms with Crippen molar-refractivity contribution in [3.05, 3.63) is 101 Å². The average Bonchev–Trinajstić information content (AvgIpc) is 2.85. The zero-order valence-electron chi connectivity index (χ0n) is 22.1. The third-order valence-corrected chi connectivity index (χ3v) is 7.10. The fourth-order valence-corrected chi connectivity index (χ4v) is 4.92. The molecule has 0 aliphatic carbocycles. The molecule has 3 aromatic carbocycles. The molecule has 0 aromatic heterocycles. The van der Waals surface area contributed by atoms with Crippen molar-refractivity contribution in [2.24, 2.45) is 0 Å². The molecule has 0 aliphatic heterocycles. The van der Waals surface area contributed by atoms with Crippen LogP contribution in [-0.4, -0.2) is 50.0 Å². The van der Waals surface area contributed by atoms with E-state index in [1.165, 1.54) is 23.1 Å². The number of anilines is 1. The maximum Gasteiger partial charge on any atom is 0.244 e. The monoisotopic (exact) mass is 539 g/mol. The first-order valence-corrected chi connectivity index (χ1v) is 14.2. The zero-order chi connectivity index (χ0) is 27.9. The van der Waals surface area contributed by atoms with E-state index in [2.05, 4.69) is 5.32 Å². The predicted octanol–water partition coefficient (Wildman–Crippen LogP) is 4.06. The number of aryl methyl sites for hydroxylation is 1. The van der Waals surface area contributed by atoms with E-state index in [1.54, 1.807) is 0 Å². The first kappa shape index (κ1) is 28.8. The number of hydrogen-bond acceptors (Lipinski definition) is 4. The summed E-state index contributed by atoms with van der Waals surface area (Å²) in [5, 5.41) is 2.89. The number of benzene rings is 3. The van der Waals surface area contributed by atoms with Crippen molar-refractivity contribution in [3.8, 4) is 0 Å². The Morgan fingerprint density at radius 1 is 0.895 bits per heavy atom. The first-order valence-electron chi connectivity index (χ1n) is 12.4. The molecule has 0 heterocycles. The van der Waals surface area contributed by atoms with Crippen molar-refractivity contribution >= 4 is 27.5 Å². The Morgan fingerprint density at radius 2 is 1.50 bits per heavy atom. The Labute approximate surface area is 224 Å². The predicted molar refractivity (Wildman–Crippen MR) is 148 cm³/mol. The van der Waals surface area contributed by atoms with E-state index in [0.717, 1.165) is 33.3 Å². The van der Waals surface area contributed by atoms with Crippen LogP contribution in [0.1, 0.15) is 30.5 Å². The highest BCUT2D eigenvalue weighted by Crippen LogP contribution is 2.23. The van der Waals surface area contributed by atoms with Crippen molar-refractivity contribution in [1.82, 2.24) is 10.2 Å². The van der Waals surface area contributed by atoms with Crippen LogP contribution >= 0.6 is 0 Å². The van der Waals surface area contributed by atoms with Gasteiger partial charge < -0.3 is 10.2 Å². The molecule has 1 atom stereocenters. The Balaban J connectivity index is 2.06. The summed E-state index contributed by atoms with van der Waals surface area (Å²) in [5.74, 6) is -1.76. The second kappa shape index (κ2) is 12.7. The van der Waals surface area contributed by atoms with Crippen LogP contribution in [0.15, 0.2) is 78.9 Å². The van der Waals surface area contributed by atoms with Gasteiger partial charge in [0.05, 0.1) is 11.9 Å². The molecule has 1 N–H and O–H groups in total. The maximum atomic E-state index is 14.6. The molecular formula is C29H34FN3O4S. The number of carbonyl (C=O) groups is 2. The molecule has 0 saturated heterocycles. The van der Waals surface area contributed by atoms with Gasteiger partial charge in [0, 0.05) is 19.0 Å². The van der Waals surface area contributed by atoms with Gasteiger partial charge in [-0.25, -0.2) is 12.8 Å². The molecular weight excluding hydrogens is 505 g/mol. The number of halogens is 1. The lowest BCUT2D eigenvalue weighted by Gasteiger charge is -2.34. The van der Waals surface area contributed by atoms with Crippen LogP contribution in [0.3, 0.4) is 0 Å². The molecule has 0 fully saturated rings. The van der Waals surface area contributed by atoms with Crippen LogP contribution in [0.25, 0.3) is 0 Å². The lowest BCUT2D eigenvalue weighted by Crippen LogP contribution is -2.54. The van der Waals surface area contributed by atoms with Gasteiger partial charge in [-0.1, -0.05) is 72.3 Å². The van der Waals surface area contributed by atoms with Gasteiger partial charge in [0.2, 0.25) is 21.8 Å². The van der Waals surface area contributed by atoms with E-state index in [0.29, 0.717) is 0 Å². The number of amides is 2. The van der Waals surface area contributed by atoms with Gasteiger partial charge in [-0.3, -0.25) is 13.9 Å². The second-order valence-corrected chi connectivity index (χ2v) is 11.5. The minimum atomic E-state index is -4.03. The van der Waals surface area contributed by atoms with Crippen LogP contribution in [0.4, 0.5) is 10.1 Å². The van der Waals surface area contributed by atoms with E-state index >= 15 is 0 Å². The lowest BCUT2D eigenvalue weighted by atomic mass is 10.0. The number of carbonyl (C=O) groups excluding carboxylic acids is 2. The molecule has 0 aliphatic rings. The summed E-state index contributed by atoms with van der Waals surface area (Å²) in [7, 11) is -4.03. The lowest BCUT2D eigenvalue weighted by molar-refractivity contribution is -0.140. The molecule has 3 aromatic rings. The molecule has 0 radical (unpaired) electrons. The molecule has 2 amide bonds. The number of nitrogens with zero attached hydrogens (tertiary/aromatic N) is 2. The first-order chi connectivity index (χ1) is 18.0. The van der Waals surface area contributed by atoms with Crippen LogP contribution in [0.5, 0.6) is 0 Å². The van der Waals surface area contributed by atoms with Crippen molar-refractivity contribution in [3.63, 3.8) is 0 Å². The molecule has 0 saturated carbocycles. The average molecular weight is 540 g/mol. The van der Waals surface area contributed by atoms with Crippen molar-refractivity contribution in [2.75, 3.05) is 17.1 Å². The number of hydrogen-bond donors (Lipinski definition) is 1. The molecule has 9 heteroatoms. The van der Waals surface area contributed by atoms with Crippen LogP contribution < -0.4 is 9.62 Å². The van der Waals surface area contributed by atoms with Gasteiger partial charge in [0.1, 0.15) is 18.4 Å². The molecule has 0 unspecified atom stereocenters. The summed E-state index contributed by atoms with van der Waals surface area (Å²) in [6, 6.07) is 21.1. The fourth-order valence-electron chi connectivity index (χ4n) is 4.07. The standard InChI is InChI=1S/C29H34FN3O4S/c1-21(2)31-29(35)27(18-23-10-6-5-7-11-23)32(19-24-16-14-22(3)15-17-24)28(34)20-33(38(4,36)37)26-13-9-8-12-25(26)30/h5-17,21,27H,18-20H2,1-4H3,(H,31,35)/t27-/m1/s1. The summed E-state index contributed by atoms with van der Waals surface area (Å²) in [5.41, 5.74) is 2.42. The van der Waals surface area contributed by atoms with Crippen molar-refractivity contribution in [1.29, 1.82) is 0 Å². The van der Waals surface area contributed by atoms with E-state index in [-0.39, 0.29) is 30.6 Å². The summed E-state index contributed by atoms with van der Waals surface area (Å²) >= 11 is 0. The van der Waals surface area contributed by atoms with Crippen molar-refractivity contribution in [2.45, 2.75) is 45.8 Å². The molecule has 0 bridgehead atoms.